The van der Waals surface area contributed by atoms with Crippen molar-refractivity contribution >= 4 is 23.8 Å². The summed E-state index contributed by atoms with van der Waals surface area (Å²) in [5.74, 6) is 0. The van der Waals surface area contributed by atoms with Crippen LogP contribution < -0.4 is 0 Å². The van der Waals surface area contributed by atoms with Crippen molar-refractivity contribution < 1.29 is 0 Å². The highest BCUT2D eigenvalue weighted by Gasteiger charge is 1.81. The van der Waals surface area contributed by atoms with Crippen LogP contribution in [0.3, 0.4) is 0 Å². The van der Waals surface area contributed by atoms with E-state index in [1.807, 2.05) is 0 Å². The standard InChI is InChI=1S/C8H12.3C3H9P/c1-2-4-6-8-7-5-3-1;3*1-4(2)3/h1-2,7-8H,3-6H2;3*1-3H3. The van der Waals surface area contributed by atoms with E-state index >= 15 is 0 Å². The molecule has 0 radical (unpaired) electrons. The monoisotopic (exact) mass is 336 g/mol. The van der Waals surface area contributed by atoms with Crippen LogP contribution in [-0.2, 0) is 0 Å². The van der Waals surface area contributed by atoms with E-state index in [-0.39, 0.29) is 0 Å². The Bertz CT molecular complexity index is 158. The Morgan fingerprint density at radius 2 is 0.500 bits per heavy atom. The molecule has 0 aromatic rings. The molecule has 0 aromatic carbocycles. The quantitative estimate of drug-likeness (QED) is 0.339. The van der Waals surface area contributed by atoms with E-state index in [1.165, 1.54) is 25.7 Å². The number of rotatable bonds is 0. The molecule has 0 bridgehead atoms. The Balaban J connectivity index is -0.000000209. The maximum atomic E-state index is 2.27. The first-order chi connectivity index (χ1) is 9.20. The molecular formula is C17H39P3. The van der Waals surface area contributed by atoms with Crippen molar-refractivity contribution in [1.82, 2.24) is 0 Å². The van der Waals surface area contributed by atoms with Crippen LogP contribution >= 0.6 is 23.8 Å². The van der Waals surface area contributed by atoms with Crippen LogP contribution in [0, 0.1) is 0 Å². The first-order valence-electron chi connectivity index (χ1n) is 7.32. The van der Waals surface area contributed by atoms with Gasteiger partial charge in [-0.15, -0.1) is 23.8 Å². The molecule has 0 aliphatic heterocycles. The summed E-state index contributed by atoms with van der Waals surface area (Å²) < 4.78 is 0. The highest BCUT2D eigenvalue weighted by Crippen LogP contribution is 2.15. The molecule has 0 saturated heterocycles. The van der Waals surface area contributed by atoms with E-state index in [0.717, 1.165) is 0 Å². The average Bonchev–Trinajstić information content (AvgIpc) is 2.12. The van der Waals surface area contributed by atoms with Crippen molar-refractivity contribution in [2.45, 2.75) is 25.7 Å². The van der Waals surface area contributed by atoms with Crippen molar-refractivity contribution in [3.63, 3.8) is 0 Å². The summed E-state index contributed by atoms with van der Waals surface area (Å²) in [7, 11) is 1.14. The molecule has 0 aromatic heterocycles. The minimum absolute atomic E-state index is 0.380. The van der Waals surface area contributed by atoms with Gasteiger partial charge in [0.25, 0.3) is 0 Å². The predicted octanol–water partition coefficient (Wildman–Crippen LogP) is 6.75. The minimum atomic E-state index is 0.380. The molecule has 0 nitrogen and oxygen atoms in total. The molecule has 1 rings (SSSR count). The second-order valence-corrected chi connectivity index (χ2v) is 14.2. The van der Waals surface area contributed by atoms with Crippen LogP contribution in [0.5, 0.6) is 0 Å². The van der Waals surface area contributed by atoms with Gasteiger partial charge in [-0.2, -0.15) is 0 Å². The summed E-state index contributed by atoms with van der Waals surface area (Å²) in [6.07, 6.45) is 14.0. The Hall–Kier alpha value is 0.770. The molecule has 0 amide bonds. The summed E-state index contributed by atoms with van der Waals surface area (Å²) >= 11 is 0. The predicted molar refractivity (Wildman–Crippen MR) is 111 cm³/mol. The van der Waals surface area contributed by atoms with E-state index in [4.69, 9.17) is 0 Å². The van der Waals surface area contributed by atoms with E-state index in [9.17, 15) is 0 Å². The zero-order valence-corrected chi connectivity index (χ0v) is 18.2. The molecule has 0 unspecified atom stereocenters. The largest absolute Gasteiger partial charge is 0.116 e. The summed E-state index contributed by atoms with van der Waals surface area (Å²) in [4.78, 5) is 0. The van der Waals surface area contributed by atoms with Gasteiger partial charge in [0.2, 0.25) is 0 Å². The lowest BCUT2D eigenvalue weighted by Gasteiger charge is -1.92. The van der Waals surface area contributed by atoms with Gasteiger partial charge in [-0.05, 0) is 85.7 Å². The highest BCUT2D eigenvalue weighted by molar-refractivity contribution is 7.55. The van der Waals surface area contributed by atoms with E-state index in [1.54, 1.807) is 0 Å². The minimum Gasteiger partial charge on any atom is -0.116 e. The topological polar surface area (TPSA) is 0 Å². The molecule has 0 heterocycles. The summed E-state index contributed by atoms with van der Waals surface area (Å²) in [6, 6.07) is 0. The average molecular weight is 336 g/mol. The Morgan fingerprint density at radius 3 is 0.600 bits per heavy atom. The van der Waals surface area contributed by atoms with Gasteiger partial charge >= 0.3 is 0 Å². The SMILES string of the molecule is C1=CCCC=CCC1.CP(C)C.CP(C)C.CP(C)C. The zero-order valence-electron chi connectivity index (χ0n) is 15.5. The Kier molecular flexibility index (Phi) is 28.4. The molecule has 0 spiro atoms. The van der Waals surface area contributed by atoms with Gasteiger partial charge in [0.05, 0.1) is 0 Å². The number of allylic oxidation sites excluding steroid dienone is 4. The molecule has 20 heavy (non-hydrogen) atoms. The fourth-order valence-corrected chi connectivity index (χ4v) is 0.856. The van der Waals surface area contributed by atoms with Crippen molar-refractivity contribution in [2.24, 2.45) is 0 Å². The normalized spacial score (nSPS) is 13.4. The van der Waals surface area contributed by atoms with Crippen molar-refractivity contribution in [1.29, 1.82) is 0 Å². The molecule has 122 valence electrons. The third-order valence-electron chi connectivity index (χ3n) is 1.33. The molecule has 0 saturated carbocycles. The highest BCUT2D eigenvalue weighted by atomic mass is 31.1. The fourth-order valence-electron chi connectivity index (χ4n) is 0.856. The lowest BCUT2D eigenvalue weighted by molar-refractivity contribution is 0.962. The van der Waals surface area contributed by atoms with Crippen LogP contribution in [0.15, 0.2) is 24.3 Å². The molecular weight excluding hydrogens is 297 g/mol. The molecule has 0 atom stereocenters. The molecule has 0 fully saturated rings. The molecule has 1 aliphatic rings. The van der Waals surface area contributed by atoms with Gasteiger partial charge in [-0.1, -0.05) is 24.3 Å². The second-order valence-electron chi connectivity index (χ2n) is 6.12. The lowest BCUT2D eigenvalue weighted by atomic mass is 10.1. The molecule has 3 heteroatoms. The van der Waals surface area contributed by atoms with Crippen LogP contribution in [0.2, 0.25) is 0 Å². The van der Waals surface area contributed by atoms with Gasteiger partial charge in [0, 0.05) is 0 Å². The van der Waals surface area contributed by atoms with Gasteiger partial charge in [0.1, 0.15) is 0 Å². The number of hydrogen-bond donors (Lipinski definition) is 0. The summed E-state index contributed by atoms with van der Waals surface area (Å²) in [6.45, 7) is 20.1. The van der Waals surface area contributed by atoms with Crippen LogP contribution in [0.25, 0.3) is 0 Å². The molecule has 1 aliphatic carbocycles. The van der Waals surface area contributed by atoms with Crippen molar-refractivity contribution in [3.05, 3.63) is 24.3 Å². The van der Waals surface area contributed by atoms with Crippen LogP contribution in [0.4, 0.5) is 0 Å². The fraction of sp³-hybridized carbons (Fsp3) is 0.765. The van der Waals surface area contributed by atoms with Gasteiger partial charge < -0.3 is 0 Å². The third-order valence-corrected chi connectivity index (χ3v) is 1.33. The van der Waals surface area contributed by atoms with Gasteiger partial charge in [-0.25, -0.2) is 0 Å². The smallest absolute Gasteiger partial charge is 0.0316 e. The maximum Gasteiger partial charge on any atom is -0.0316 e. The van der Waals surface area contributed by atoms with E-state index < -0.39 is 0 Å². The summed E-state index contributed by atoms with van der Waals surface area (Å²) in [5, 5.41) is 0. The third kappa shape index (κ3) is 77.1. The first-order valence-corrected chi connectivity index (χ1v) is 15.4. The van der Waals surface area contributed by atoms with E-state index in [2.05, 4.69) is 84.3 Å². The van der Waals surface area contributed by atoms with Crippen molar-refractivity contribution in [3.8, 4) is 0 Å². The second kappa shape index (κ2) is 22.1. The van der Waals surface area contributed by atoms with E-state index in [0.29, 0.717) is 23.8 Å². The van der Waals surface area contributed by atoms with Gasteiger partial charge in [-0.3, -0.25) is 0 Å². The van der Waals surface area contributed by atoms with Gasteiger partial charge in [0.15, 0.2) is 0 Å². The lowest BCUT2D eigenvalue weighted by Crippen LogP contribution is -1.71. The molecule has 0 N–H and O–H groups in total. The van der Waals surface area contributed by atoms with Crippen molar-refractivity contribution in [2.75, 3.05) is 60.0 Å². The van der Waals surface area contributed by atoms with Crippen LogP contribution in [-0.4, -0.2) is 60.0 Å². The zero-order chi connectivity index (χ0) is 16.4. The maximum absolute atomic E-state index is 2.27. The van der Waals surface area contributed by atoms with Crippen LogP contribution in [0.1, 0.15) is 25.7 Å². The first kappa shape index (κ1) is 25.7. The summed E-state index contributed by atoms with van der Waals surface area (Å²) in [5.41, 5.74) is 0. The number of hydrogen-bond acceptors (Lipinski definition) is 0. The Morgan fingerprint density at radius 1 is 0.400 bits per heavy atom. The Labute approximate surface area is 134 Å².